The van der Waals surface area contributed by atoms with Crippen molar-refractivity contribution in [2.45, 2.75) is 13.5 Å². The van der Waals surface area contributed by atoms with Crippen LogP contribution in [0.5, 0.6) is 5.75 Å². The zero-order valence-corrected chi connectivity index (χ0v) is 15.0. The molecule has 2 aromatic rings. The minimum atomic E-state index is -0.650. The number of carbonyl (C=O) groups excluding carboxylic acids is 3. The second-order valence-corrected chi connectivity index (χ2v) is 6.61. The Bertz CT molecular complexity index is 774. The van der Waals surface area contributed by atoms with E-state index >= 15 is 0 Å². The van der Waals surface area contributed by atoms with Crippen molar-refractivity contribution >= 4 is 40.6 Å². The molecule has 0 aliphatic carbocycles. The largest absolute Gasteiger partial charge is 0.482 e. The van der Waals surface area contributed by atoms with Crippen LogP contribution in [0.1, 0.15) is 21.5 Å². The van der Waals surface area contributed by atoms with Gasteiger partial charge in [0.1, 0.15) is 5.75 Å². The van der Waals surface area contributed by atoms with Gasteiger partial charge in [-0.15, -0.1) is 11.3 Å². The zero-order valence-electron chi connectivity index (χ0n) is 13.4. The maximum absolute atomic E-state index is 12.0. The first-order chi connectivity index (χ1) is 11.9. The molecule has 0 spiro atoms. The fourth-order valence-corrected chi connectivity index (χ4v) is 2.84. The number of carbonyl (C=O) groups is 3. The molecular weight excluding hydrogens is 366 g/mol. The van der Waals surface area contributed by atoms with E-state index in [1.807, 2.05) is 0 Å². The summed E-state index contributed by atoms with van der Waals surface area (Å²) in [5.41, 5.74) is 0. The third kappa shape index (κ3) is 6.56. The van der Waals surface area contributed by atoms with Gasteiger partial charge in [0.05, 0.1) is 11.4 Å². The van der Waals surface area contributed by atoms with Crippen LogP contribution in [-0.2, 0) is 20.9 Å². The molecule has 1 N–H and O–H groups in total. The first-order valence-corrected chi connectivity index (χ1v) is 8.54. The lowest BCUT2D eigenvalue weighted by molar-refractivity contribution is -0.144. The number of halogens is 1. The molecule has 1 heterocycles. The van der Waals surface area contributed by atoms with Crippen molar-refractivity contribution in [2.24, 2.45) is 0 Å². The summed E-state index contributed by atoms with van der Waals surface area (Å²) >= 11 is 7.05. The number of thiophene rings is 1. The van der Waals surface area contributed by atoms with Gasteiger partial charge in [-0.1, -0.05) is 17.7 Å². The van der Waals surface area contributed by atoms with Crippen LogP contribution >= 0.6 is 22.9 Å². The molecule has 132 valence electrons. The Labute approximate surface area is 153 Å². The first-order valence-electron chi connectivity index (χ1n) is 7.34. The molecule has 8 heteroatoms. The van der Waals surface area contributed by atoms with Crippen LogP contribution in [0.3, 0.4) is 0 Å². The van der Waals surface area contributed by atoms with Crippen molar-refractivity contribution in [2.75, 3.05) is 13.2 Å². The number of ketones is 1. The van der Waals surface area contributed by atoms with Crippen molar-refractivity contribution in [1.29, 1.82) is 0 Å². The summed E-state index contributed by atoms with van der Waals surface area (Å²) in [4.78, 5) is 35.8. The number of ether oxygens (including phenoxy) is 2. The predicted molar refractivity (Wildman–Crippen MR) is 94.1 cm³/mol. The Morgan fingerprint density at radius 3 is 2.68 bits per heavy atom. The van der Waals surface area contributed by atoms with Crippen molar-refractivity contribution in [3.05, 3.63) is 51.2 Å². The van der Waals surface area contributed by atoms with Gasteiger partial charge in [-0.3, -0.25) is 9.59 Å². The van der Waals surface area contributed by atoms with Gasteiger partial charge in [-0.05, 0) is 30.3 Å². The molecule has 6 nitrogen and oxygen atoms in total. The third-order valence-corrected chi connectivity index (χ3v) is 4.33. The summed E-state index contributed by atoms with van der Waals surface area (Å²) in [6.07, 6.45) is 0. The van der Waals surface area contributed by atoms with Crippen LogP contribution in [0.25, 0.3) is 0 Å². The molecule has 1 aromatic carbocycles. The minimum Gasteiger partial charge on any atom is -0.482 e. The normalized spacial score (nSPS) is 10.2. The molecule has 0 unspecified atom stereocenters. The van der Waals surface area contributed by atoms with Gasteiger partial charge in [0, 0.05) is 16.8 Å². The van der Waals surface area contributed by atoms with E-state index in [0.29, 0.717) is 22.2 Å². The number of hydrogen-bond donors (Lipinski definition) is 1. The van der Waals surface area contributed by atoms with Gasteiger partial charge < -0.3 is 14.8 Å². The minimum absolute atomic E-state index is 0.144. The van der Waals surface area contributed by atoms with Gasteiger partial charge in [-0.2, -0.15) is 0 Å². The number of hydrogen-bond acceptors (Lipinski definition) is 6. The van der Waals surface area contributed by atoms with Crippen LogP contribution in [0.2, 0.25) is 5.02 Å². The summed E-state index contributed by atoms with van der Waals surface area (Å²) < 4.78 is 10.1. The van der Waals surface area contributed by atoms with Crippen molar-refractivity contribution < 1.29 is 23.9 Å². The molecule has 0 saturated heterocycles. The Morgan fingerprint density at radius 1 is 1.16 bits per heavy atom. The van der Waals surface area contributed by atoms with E-state index in [-0.39, 0.29) is 24.9 Å². The van der Waals surface area contributed by atoms with Crippen LogP contribution in [0.4, 0.5) is 0 Å². The fourth-order valence-electron chi connectivity index (χ4n) is 1.79. The smallest absolute Gasteiger partial charge is 0.344 e. The molecule has 0 aliphatic heterocycles. The van der Waals surface area contributed by atoms with Crippen molar-refractivity contribution in [3.63, 3.8) is 0 Å². The molecule has 0 radical (unpaired) electrons. The van der Waals surface area contributed by atoms with E-state index in [1.54, 1.807) is 36.4 Å². The second-order valence-electron chi connectivity index (χ2n) is 5.01. The maximum Gasteiger partial charge on any atom is 0.344 e. The number of rotatable bonds is 8. The summed E-state index contributed by atoms with van der Waals surface area (Å²) in [5.74, 6) is -0.662. The average Bonchev–Trinajstić information content (AvgIpc) is 3.05. The SMILES string of the molecule is CC(=O)NCc1ccc(C(=O)COC(=O)COc2cccc(Cl)c2)s1. The maximum atomic E-state index is 12.0. The van der Waals surface area contributed by atoms with Gasteiger partial charge in [-0.25, -0.2) is 4.79 Å². The van der Waals surface area contributed by atoms with Gasteiger partial charge in [0.25, 0.3) is 0 Å². The molecule has 0 atom stereocenters. The Morgan fingerprint density at radius 2 is 1.96 bits per heavy atom. The van der Waals surface area contributed by atoms with Crippen LogP contribution in [0.15, 0.2) is 36.4 Å². The topological polar surface area (TPSA) is 81.7 Å². The molecule has 25 heavy (non-hydrogen) atoms. The molecule has 0 saturated carbocycles. The zero-order chi connectivity index (χ0) is 18.2. The highest BCUT2D eigenvalue weighted by atomic mass is 35.5. The molecule has 2 rings (SSSR count). The number of esters is 1. The first kappa shape index (κ1) is 19.0. The van der Waals surface area contributed by atoms with Crippen LogP contribution in [-0.4, -0.2) is 30.9 Å². The molecule has 1 amide bonds. The summed E-state index contributed by atoms with van der Waals surface area (Å²) in [6.45, 7) is 1.11. The summed E-state index contributed by atoms with van der Waals surface area (Å²) in [5, 5.41) is 3.14. The van der Waals surface area contributed by atoms with E-state index in [1.165, 1.54) is 18.3 Å². The van der Waals surface area contributed by atoms with Crippen LogP contribution < -0.4 is 10.1 Å². The van der Waals surface area contributed by atoms with Gasteiger partial charge >= 0.3 is 5.97 Å². The lowest BCUT2D eigenvalue weighted by Crippen LogP contribution is -2.19. The molecule has 1 aromatic heterocycles. The van der Waals surface area contributed by atoms with Gasteiger partial charge in [0.2, 0.25) is 11.7 Å². The monoisotopic (exact) mass is 381 g/mol. The lowest BCUT2D eigenvalue weighted by Gasteiger charge is -2.06. The average molecular weight is 382 g/mol. The molecule has 0 aliphatic rings. The highest BCUT2D eigenvalue weighted by Crippen LogP contribution is 2.18. The van der Waals surface area contributed by atoms with Crippen molar-refractivity contribution in [3.8, 4) is 5.75 Å². The van der Waals surface area contributed by atoms with Gasteiger partial charge in [0.15, 0.2) is 13.2 Å². The number of nitrogens with one attached hydrogen (secondary N) is 1. The highest BCUT2D eigenvalue weighted by molar-refractivity contribution is 7.14. The van der Waals surface area contributed by atoms with E-state index in [4.69, 9.17) is 21.1 Å². The van der Waals surface area contributed by atoms with Crippen LogP contribution in [0, 0.1) is 0 Å². The Kier molecular flexibility index (Phi) is 6.97. The lowest BCUT2D eigenvalue weighted by atomic mass is 10.3. The molecular formula is C17H16ClNO5S. The van der Waals surface area contributed by atoms with E-state index in [0.717, 1.165) is 4.88 Å². The van der Waals surface area contributed by atoms with E-state index in [2.05, 4.69) is 5.32 Å². The van der Waals surface area contributed by atoms with Crippen molar-refractivity contribution in [1.82, 2.24) is 5.32 Å². The number of benzene rings is 1. The molecule has 0 bridgehead atoms. The summed E-state index contributed by atoms with van der Waals surface area (Å²) in [6, 6.07) is 10.0. The highest BCUT2D eigenvalue weighted by Gasteiger charge is 2.13. The Balaban J connectivity index is 1.75. The fraction of sp³-hybridized carbons (Fsp3) is 0.235. The number of amides is 1. The second kappa shape index (κ2) is 9.19. The standard InChI is InChI=1S/C17H16ClNO5S/c1-11(20)19-8-14-5-6-16(25-14)15(21)9-24-17(22)10-23-13-4-2-3-12(18)7-13/h2-7H,8-10H2,1H3,(H,19,20). The van der Waals surface area contributed by atoms with E-state index < -0.39 is 5.97 Å². The predicted octanol–water partition coefficient (Wildman–Crippen LogP) is 2.84. The van der Waals surface area contributed by atoms with E-state index in [9.17, 15) is 14.4 Å². The third-order valence-electron chi connectivity index (χ3n) is 2.97. The summed E-state index contributed by atoms with van der Waals surface area (Å²) in [7, 11) is 0. The Hall–Kier alpha value is -2.38. The quantitative estimate of drug-likeness (QED) is 0.561. The molecule has 0 fully saturated rings. The number of Topliss-reactive ketones (excluding diaryl/α,β-unsaturated/α-hetero) is 1.